The summed E-state index contributed by atoms with van der Waals surface area (Å²) in [7, 11) is 0. The van der Waals surface area contributed by atoms with E-state index in [0.29, 0.717) is 50.0 Å². The molecule has 0 unspecified atom stereocenters. The molecule has 1 heterocycles. The fourth-order valence-electron chi connectivity index (χ4n) is 4.79. The molecule has 1 saturated carbocycles. The zero-order valence-electron chi connectivity index (χ0n) is 22.1. The Labute approximate surface area is 232 Å². The van der Waals surface area contributed by atoms with Crippen LogP contribution in [0.1, 0.15) is 60.0 Å². The van der Waals surface area contributed by atoms with Crippen LogP contribution in [-0.4, -0.2) is 40.8 Å². The first-order valence-corrected chi connectivity index (χ1v) is 13.1. The van der Waals surface area contributed by atoms with E-state index in [4.69, 9.17) is 4.52 Å². The fraction of sp³-hybridized carbons (Fsp3) is 0.429. The van der Waals surface area contributed by atoms with E-state index in [0.717, 1.165) is 5.56 Å². The van der Waals surface area contributed by atoms with E-state index in [9.17, 15) is 31.1 Å². The minimum absolute atomic E-state index is 0.0529. The normalized spacial score (nSPS) is 17.7. The lowest BCUT2D eigenvalue weighted by Gasteiger charge is -2.37. The lowest BCUT2D eigenvalue weighted by atomic mass is 9.89. The maximum Gasteiger partial charge on any atom is 0.573 e. The largest absolute Gasteiger partial charge is 0.573 e. The van der Waals surface area contributed by atoms with Crippen molar-refractivity contribution in [3.63, 3.8) is 0 Å². The van der Waals surface area contributed by atoms with Crippen LogP contribution in [0.2, 0.25) is 0 Å². The van der Waals surface area contributed by atoms with Crippen molar-refractivity contribution in [2.45, 2.75) is 76.9 Å². The molecule has 0 spiro atoms. The van der Waals surface area contributed by atoms with Crippen LogP contribution >= 0.6 is 0 Å². The number of hydrogen-bond acceptors (Lipinski definition) is 6. The number of alkyl halides is 6. The van der Waals surface area contributed by atoms with E-state index in [1.807, 2.05) is 6.92 Å². The third-order valence-electron chi connectivity index (χ3n) is 6.76. The first-order chi connectivity index (χ1) is 19.4. The molecular formula is C28H29F6N3O4. The lowest BCUT2D eigenvalue weighted by Crippen LogP contribution is -2.45. The number of aryl methyl sites for hydroxylation is 1. The van der Waals surface area contributed by atoms with Gasteiger partial charge in [0.15, 0.2) is 5.69 Å². The number of carbonyl (C=O) groups is 1. The number of hydrogen-bond donors (Lipinski definition) is 1. The van der Waals surface area contributed by atoms with Crippen molar-refractivity contribution in [3.05, 3.63) is 77.2 Å². The number of halogens is 6. The Hall–Kier alpha value is -3.74. The quantitative estimate of drug-likeness (QED) is 0.265. The molecule has 0 saturated heterocycles. The lowest BCUT2D eigenvalue weighted by molar-refractivity contribution is -0.275. The number of benzene rings is 2. The third-order valence-corrected chi connectivity index (χ3v) is 6.76. The van der Waals surface area contributed by atoms with Crippen LogP contribution in [0.15, 0.2) is 59.1 Å². The van der Waals surface area contributed by atoms with Gasteiger partial charge in [-0.05, 0) is 61.1 Å². The summed E-state index contributed by atoms with van der Waals surface area (Å²) < 4.78 is 88.5. The van der Waals surface area contributed by atoms with Crippen LogP contribution in [0.4, 0.5) is 26.3 Å². The molecule has 7 nitrogen and oxygen atoms in total. The fourth-order valence-corrected chi connectivity index (χ4v) is 4.79. The maximum absolute atomic E-state index is 13.5. The highest BCUT2D eigenvalue weighted by Gasteiger charge is 2.33. The molecule has 0 bridgehead atoms. The van der Waals surface area contributed by atoms with Gasteiger partial charge in [0.2, 0.25) is 0 Å². The predicted molar refractivity (Wildman–Crippen MR) is 135 cm³/mol. The van der Waals surface area contributed by atoms with Gasteiger partial charge in [-0.25, -0.2) is 0 Å². The summed E-state index contributed by atoms with van der Waals surface area (Å²) >= 11 is 0. The van der Waals surface area contributed by atoms with Crippen LogP contribution in [0.5, 0.6) is 11.5 Å². The number of nitrogens with one attached hydrogen (secondary N) is 1. The summed E-state index contributed by atoms with van der Waals surface area (Å²) in [5.41, 5.74) is 1.39. The second-order valence-electron chi connectivity index (χ2n) is 9.74. The van der Waals surface area contributed by atoms with Gasteiger partial charge in [0.1, 0.15) is 17.3 Å². The molecule has 13 heteroatoms. The molecule has 1 N–H and O–H groups in total. The van der Waals surface area contributed by atoms with Gasteiger partial charge in [0.05, 0.1) is 0 Å². The third kappa shape index (κ3) is 9.13. The highest BCUT2D eigenvalue weighted by Crippen LogP contribution is 2.29. The second kappa shape index (κ2) is 12.8. The molecule has 1 aliphatic rings. The minimum atomic E-state index is -4.84. The Bertz CT molecular complexity index is 1280. The van der Waals surface area contributed by atoms with Crippen LogP contribution in [0.25, 0.3) is 0 Å². The average Bonchev–Trinajstić information content (AvgIpc) is 3.39. The van der Waals surface area contributed by atoms with Crippen molar-refractivity contribution in [3.8, 4) is 11.5 Å². The summed E-state index contributed by atoms with van der Waals surface area (Å²) in [6.45, 7) is 2.35. The van der Waals surface area contributed by atoms with Gasteiger partial charge in [-0.3, -0.25) is 4.79 Å². The van der Waals surface area contributed by atoms with Crippen molar-refractivity contribution in [2.75, 3.05) is 0 Å². The van der Waals surface area contributed by atoms with Crippen molar-refractivity contribution >= 4 is 5.91 Å². The number of ether oxygens (including phenoxy) is 2. The van der Waals surface area contributed by atoms with Crippen molar-refractivity contribution < 1.29 is 45.1 Å². The van der Waals surface area contributed by atoms with E-state index < -0.39 is 12.7 Å². The number of aromatic nitrogens is 1. The number of carbonyl (C=O) groups excluding carboxylic acids is 1. The molecule has 41 heavy (non-hydrogen) atoms. The minimum Gasteiger partial charge on any atom is -0.406 e. The van der Waals surface area contributed by atoms with Gasteiger partial charge >= 0.3 is 12.7 Å². The molecule has 1 amide bonds. The molecule has 1 aliphatic carbocycles. The van der Waals surface area contributed by atoms with E-state index >= 15 is 0 Å². The molecule has 3 aromatic rings. The topological polar surface area (TPSA) is 76.8 Å². The van der Waals surface area contributed by atoms with Gasteiger partial charge in [0.25, 0.3) is 5.91 Å². The van der Waals surface area contributed by atoms with E-state index in [-0.39, 0.29) is 41.7 Å². The molecule has 222 valence electrons. The summed E-state index contributed by atoms with van der Waals surface area (Å²) in [5.74, 6) is -0.504. The average molecular weight is 586 g/mol. The summed E-state index contributed by atoms with van der Waals surface area (Å²) in [6.07, 6.45) is -6.38. The van der Waals surface area contributed by atoms with Crippen molar-refractivity contribution in [1.29, 1.82) is 0 Å². The van der Waals surface area contributed by atoms with Gasteiger partial charge in [-0.15, -0.1) is 26.3 Å². The summed E-state index contributed by atoms with van der Waals surface area (Å²) in [5, 5.41) is 7.29. The van der Waals surface area contributed by atoms with Crippen LogP contribution in [0, 0.1) is 0 Å². The molecular weight excluding hydrogens is 556 g/mol. The highest BCUT2D eigenvalue weighted by atomic mass is 19.4. The SMILES string of the molecule is CCc1cc(C(=O)N(Cc2cccc(OC(F)(F)F)c2)C2CCC(NCc3ccc(OC(F)(F)F)cc3)CC2)no1. The predicted octanol–water partition coefficient (Wildman–Crippen LogP) is 6.78. The van der Waals surface area contributed by atoms with Crippen molar-refractivity contribution in [2.24, 2.45) is 0 Å². The molecule has 0 radical (unpaired) electrons. The summed E-state index contributed by atoms with van der Waals surface area (Å²) in [6, 6.07) is 12.6. The first-order valence-electron chi connectivity index (χ1n) is 13.1. The first kappa shape index (κ1) is 30.2. The number of amides is 1. The highest BCUT2D eigenvalue weighted by molar-refractivity contribution is 5.92. The van der Waals surface area contributed by atoms with Crippen molar-refractivity contribution in [1.82, 2.24) is 15.4 Å². The molecule has 0 atom stereocenters. The summed E-state index contributed by atoms with van der Waals surface area (Å²) in [4.78, 5) is 15.1. The Morgan fingerprint density at radius 2 is 1.59 bits per heavy atom. The Balaban J connectivity index is 1.40. The number of nitrogens with zero attached hydrogens (tertiary/aromatic N) is 2. The van der Waals surface area contributed by atoms with Gasteiger partial charge in [-0.1, -0.05) is 36.3 Å². The van der Waals surface area contributed by atoms with Gasteiger partial charge < -0.3 is 24.2 Å². The Kier molecular flexibility index (Phi) is 9.46. The zero-order chi connectivity index (χ0) is 29.6. The molecule has 1 fully saturated rings. The molecule has 4 rings (SSSR count). The maximum atomic E-state index is 13.5. The smallest absolute Gasteiger partial charge is 0.406 e. The molecule has 1 aromatic heterocycles. The Morgan fingerprint density at radius 1 is 0.927 bits per heavy atom. The van der Waals surface area contributed by atoms with Gasteiger partial charge in [0, 0.05) is 37.7 Å². The van der Waals surface area contributed by atoms with Gasteiger partial charge in [-0.2, -0.15) is 0 Å². The standard InChI is InChI=1S/C28H29F6N3O4/c1-2-22-15-25(36-41-22)26(38)37(17-19-4-3-5-24(14-19)40-28(32,33)34)21-10-8-20(9-11-21)35-16-18-6-12-23(13-7-18)39-27(29,30)31/h3-7,12-15,20-21,35H,2,8-11,16-17H2,1H3. The zero-order valence-corrected chi connectivity index (χ0v) is 22.1. The second-order valence-corrected chi connectivity index (χ2v) is 9.74. The number of rotatable bonds is 10. The van der Waals surface area contributed by atoms with Crippen LogP contribution in [0.3, 0.4) is 0 Å². The monoisotopic (exact) mass is 585 g/mol. The van der Waals surface area contributed by atoms with Crippen LogP contribution in [-0.2, 0) is 19.5 Å². The van der Waals surface area contributed by atoms with E-state index in [1.54, 1.807) is 29.2 Å². The van der Waals surface area contributed by atoms with E-state index in [1.165, 1.54) is 30.3 Å². The van der Waals surface area contributed by atoms with E-state index in [2.05, 4.69) is 19.9 Å². The molecule has 0 aliphatic heterocycles. The Morgan fingerprint density at radius 3 is 2.20 bits per heavy atom. The van der Waals surface area contributed by atoms with Crippen LogP contribution < -0.4 is 14.8 Å². The molecule has 2 aromatic carbocycles.